The fourth-order valence-corrected chi connectivity index (χ4v) is 3.12. The molecular formula is C14H13ClFNO3S. The van der Waals surface area contributed by atoms with Crippen LogP contribution in [0.15, 0.2) is 41.3 Å². The predicted octanol–water partition coefficient (Wildman–Crippen LogP) is 3.08. The van der Waals surface area contributed by atoms with E-state index in [-0.39, 0.29) is 16.5 Å². The number of aryl methyl sites for hydroxylation is 1. The molecule has 2 aromatic carbocycles. The van der Waals surface area contributed by atoms with E-state index in [0.717, 1.165) is 18.2 Å². The van der Waals surface area contributed by atoms with Crippen LogP contribution < -0.4 is 4.72 Å². The Hall–Kier alpha value is -1.63. The van der Waals surface area contributed by atoms with Gasteiger partial charge in [0.05, 0.1) is 22.2 Å². The Morgan fingerprint density at radius 1 is 1.24 bits per heavy atom. The third kappa shape index (κ3) is 3.53. The van der Waals surface area contributed by atoms with E-state index in [4.69, 9.17) is 16.7 Å². The molecule has 0 fully saturated rings. The van der Waals surface area contributed by atoms with Gasteiger partial charge in [0.1, 0.15) is 5.82 Å². The molecule has 0 heterocycles. The zero-order chi connectivity index (χ0) is 15.6. The average molecular weight is 330 g/mol. The van der Waals surface area contributed by atoms with E-state index in [9.17, 15) is 12.8 Å². The van der Waals surface area contributed by atoms with Gasteiger partial charge in [-0.1, -0.05) is 23.7 Å². The second kappa shape index (κ2) is 6.01. The summed E-state index contributed by atoms with van der Waals surface area (Å²) in [6, 6.07) is 8.11. The molecule has 0 amide bonds. The third-order valence-corrected chi connectivity index (χ3v) is 4.58. The predicted molar refractivity (Wildman–Crippen MR) is 79.3 cm³/mol. The monoisotopic (exact) mass is 329 g/mol. The van der Waals surface area contributed by atoms with Crippen LogP contribution in [-0.2, 0) is 16.6 Å². The fraction of sp³-hybridized carbons (Fsp3) is 0.143. The van der Waals surface area contributed by atoms with E-state index >= 15 is 0 Å². The van der Waals surface area contributed by atoms with Crippen LogP contribution in [-0.4, -0.2) is 13.5 Å². The first-order chi connectivity index (χ1) is 9.83. The highest BCUT2D eigenvalue weighted by molar-refractivity contribution is 7.92. The molecule has 2 aromatic rings. The highest BCUT2D eigenvalue weighted by Gasteiger charge is 2.17. The van der Waals surface area contributed by atoms with Gasteiger partial charge in [-0.2, -0.15) is 0 Å². The molecule has 0 saturated heterocycles. The summed E-state index contributed by atoms with van der Waals surface area (Å²) >= 11 is 5.60. The zero-order valence-corrected chi connectivity index (χ0v) is 12.7. The van der Waals surface area contributed by atoms with Gasteiger partial charge in [0.2, 0.25) is 0 Å². The van der Waals surface area contributed by atoms with Crippen molar-refractivity contribution in [3.05, 3.63) is 58.4 Å². The Bertz CT molecular complexity index is 778. The van der Waals surface area contributed by atoms with Crippen molar-refractivity contribution in [1.82, 2.24) is 0 Å². The number of benzene rings is 2. The first kappa shape index (κ1) is 15.8. The molecule has 112 valence electrons. The highest BCUT2D eigenvalue weighted by atomic mass is 35.5. The summed E-state index contributed by atoms with van der Waals surface area (Å²) in [5, 5.41) is 8.83. The number of aliphatic hydroxyl groups excluding tert-OH is 1. The Morgan fingerprint density at radius 3 is 2.57 bits per heavy atom. The van der Waals surface area contributed by atoms with Gasteiger partial charge < -0.3 is 5.11 Å². The van der Waals surface area contributed by atoms with Crippen molar-refractivity contribution in [3.8, 4) is 0 Å². The first-order valence-corrected chi connectivity index (χ1v) is 7.88. The molecule has 0 unspecified atom stereocenters. The van der Waals surface area contributed by atoms with Gasteiger partial charge in [0, 0.05) is 0 Å². The molecule has 21 heavy (non-hydrogen) atoms. The van der Waals surface area contributed by atoms with Gasteiger partial charge in [-0.05, 0) is 42.3 Å². The van der Waals surface area contributed by atoms with E-state index in [1.54, 1.807) is 19.1 Å². The van der Waals surface area contributed by atoms with Crippen molar-refractivity contribution in [1.29, 1.82) is 0 Å². The lowest BCUT2D eigenvalue weighted by Gasteiger charge is -2.12. The summed E-state index contributed by atoms with van der Waals surface area (Å²) in [5.74, 6) is -0.686. The molecule has 0 aliphatic rings. The van der Waals surface area contributed by atoms with Crippen LogP contribution in [0.4, 0.5) is 10.1 Å². The number of hydrogen-bond acceptors (Lipinski definition) is 3. The number of rotatable bonds is 4. The van der Waals surface area contributed by atoms with Crippen LogP contribution in [0.2, 0.25) is 5.02 Å². The molecule has 0 atom stereocenters. The third-order valence-electron chi connectivity index (χ3n) is 2.93. The van der Waals surface area contributed by atoms with E-state index in [2.05, 4.69) is 4.72 Å². The number of hydrogen-bond donors (Lipinski definition) is 2. The molecule has 0 aliphatic carbocycles. The number of sulfonamides is 1. The van der Waals surface area contributed by atoms with E-state index < -0.39 is 15.8 Å². The largest absolute Gasteiger partial charge is 0.392 e. The molecule has 0 bridgehead atoms. The molecule has 2 rings (SSSR count). The zero-order valence-electron chi connectivity index (χ0n) is 11.1. The number of aliphatic hydroxyl groups is 1. The van der Waals surface area contributed by atoms with Crippen molar-refractivity contribution < 1.29 is 17.9 Å². The molecule has 2 N–H and O–H groups in total. The summed E-state index contributed by atoms with van der Waals surface area (Å²) in [7, 11) is -3.88. The van der Waals surface area contributed by atoms with Crippen LogP contribution in [0.1, 0.15) is 11.1 Å². The molecule has 0 aliphatic heterocycles. The van der Waals surface area contributed by atoms with Crippen LogP contribution in [0.25, 0.3) is 0 Å². The molecule has 0 spiro atoms. The molecule has 0 saturated carbocycles. The van der Waals surface area contributed by atoms with Crippen LogP contribution >= 0.6 is 11.6 Å². The highest BCUT2D eigenvalue weighted by Crippen LogP contribution is 2.24. The fourth-order valence-electron chi connectivity index (χ4n) is 1.73. The van der Waals surface area contributed by atoms with E-state index in [1.165, 1.54) is 6.07 Å². The minimum atomic E-state index is -3.88. The number of halogens is 2. The molecule has 0 radical (unpaired) electrons. The standard InChI is InChI=1S/C14H13ClFNO3S/c1-9-2-3-10(8-18)6-14(9)17-21(19,20)11-4-5-13(16)12(15)7-11/h2-7,17-18H,8H2,1H3. The Labute approximate surface area is 127 Å². The summed E-state index contributed by atoms with van der Waals surface area (Å²) in [6.07, 6.45) is 0. The minimum absolute atomic E-state index is 0.136. The molecule has 0 aromatic heterocycles. The number of anilines is 1. The van der Waals surface area contributed by atoms with Gasteiger partial charge in [-0.25, -0.2) is 12.8 Å². The second-order valence-corrected chi connectivity index (χ2v) is 6.58. The Morgan fingerprint density at radius 2 is 1.95 bits per heavy atom. The van der Waals surface area contributed by atoms with Crippen molar-refractivity contribution >= 4 is 27.3 Å². The maximum absolute atomic E-state index is 13.1. The Kier molecular flexibility index (Phi) is 4.51. The molecule has 4 nitrogen and oxygen atoms in total. The number of nitrogens with one attached hydrogen (secondary N) is 1. The van der Waals surface area contributed by atoms with Crippen LogP contribution in [0.3, 0.4) is 0 Å². The van der Waals surface area contributed by atoms with Crippen LogP contribution in [0.5, 0.6) is 0 Å². The van der Waals surface area contributed by atoms with Gasteiger partial charge >= 0.3 is 0 Å². The van der Waals surface area contributed by atoms with Gasteiger partial charge in [-0.15, -0.1) is 0 Å². The second-order valence-electron chi connectivity index (χ2n) is 4.49. The maximum Gasteiger partial charge on any atom is 0.261 e. The lowest BCUT2D eigenvalue weighted by atomic mass is 10.1. The van der Waals surface area contributed by atoms with Crippen molar-refractivity contribution in [2.24, 2.45) is 0 Å². The lowest BCUT2D eigenvalue weighted by molar-refractivity contribution is 0.282. The van der Waals surface area contributed by atoms with E-state index in [0.29, 0.717) is 16.8 Å². The maximum atomic E-state index is 13.1. The first-order valence-electron chi connectivity index (χ1n) is 6.02. The van der Waals surface area contributed by atoms with Crippen molar-refractivity contribution in [2.45, 2.75) is 18.4 Å². The van der Waals surface area contributed by atoms with Crippen molar-refractivity contribution in [3.63, 3.8) is 0 Å². The summed E-state index contributed by atoms with van der Waals surface area (Å²) < 4.78 is 40.0. The summed E-state index contributed by atoms with van der Waals surface area (Å²) in [4.78, 5) is -0.136. The molecule has 7 heteroatoms. The van der Waals surface area contributed by atoms with E-state index in [1.807, 2.05) is 0 Å². The quantitative estimate of drug-likeness (QED) is 0.906. The van der Waals surface area contributed by atoms with Crippen LogP contribution in [0, 0.1) is 12.7 Å². The smallest absolute Gasteiger partial charge is 0.261 e. The summed E-state index contributed by atoms with van der Waals surface area (Å²) in [5.41, 5.74) is 1.63. The topological polar surface area (TPSA) is 66.4 Å². The Balaban J connectivity index is 2.39. The van der Waals surface area contributed by atoms with Gasteiger partial charge in [0.15, 0.2) is 0 Å². The normalized spacial score (nSPS) is 11.4. The lowest BCUT2D eigenvalue weighted by Crippen LogP contribution is -2.14. The van der Waals surface area contributed by atoms with Gasteiger partial charge in [-0.3, -0.25) is 4.72 Å². The molecular weight excluding hydrogens is 317 g/mol. The van der Waals surface area contributed by atoms with Gasteiger partial charge in [0.25, 0.3) is 10.0 Å². The van der Waals surface area contributed by atoms with Crippen molar-refractivity contribution in [2.75, 3.05) is 4.72 Å². The average Bonchev–Trinajstić information content (AvgIpc) is 2.44. The summed E-state index contributed by atoms with van der Waals surface area (Å²) in [6.45, 7) is 1.54. The minimum Gasteiger partial charge on any atom is -0.392 e. The SMILES string of the molecule is Cc1ccc(CO)cc1NS(=O)(=O)c1ccc(F)c(Cl)c1.